The van der Waals surface area contributed by atoms with Crippen LogP contribution in [0.5, 0.6) is 0 Å². The number of sulfonamides is 1. The third kappa shape index (κ3) is 2.95. The molecular formula is C14H18N2O4S. The van der Waals surface area contributed by atoms with Gasteiger partial charge in [0.25, 0.3) is 0 Å². The van der Waals surface area contributed by atoms with Crippen molar-refractivity contribution in [3.05, 3.63) is 29.8 Å². The van der Waals surface area contributed by atoms with Crippen LogP contribution in [0, 0.1) is 0 Å². The molecule has 2 heterocycles. The van der Waals surface area contributed by atoms with Crippen molar-refractivity contribution in [3.63, 3.8) is 0 Å². The lowest BCUT2D eigenvalue weighted by Crippen LogP contribution is -2.40. The molecule has 1 amide bonds. The Morgan fingerprint density at radius 1 is 1.14 bits per heavy atom. The molecule has 1 aromatic rings. The van der Waals surface area contributed by atoms with Crippen LogP contribution in [0.25, 0.3) is 0 Å². The SMILES string of the molecule is O=C1CC(c2ccc(S(=O)(=O)N3CCOCC3)cc2)CN1. The van der Waals surface area contributed by atoms with Gasteiger partial charge in [0.05, 0.1) is 18.1 Å². The molecule has 6 nitrogen and oxygen atoms in total. The highest BCUT2D eigenvalue weighted by Crippen LogP contribution is 2.25. The molecule has 0 saturated carbocycles. The van der Waals surface area contributed by atoms with Crippen molar-refractivity contribution in [3.8, 4) is 0 Å². The van der Waals surface area contributed by atoms with E-state index in [-0.39, 0.29) is 11.8 Å². The molecule has 0 radical (unpaired) electrons. The average Bonchev–Trinajstić information content (AvgIpc) is 2.95. The molecule has 7 heteroatoms. The van der Waals surface area contributed by atoms with Crippen molar-refractivity contribution in [1.82, 2.24) is 9.62 Å². The third-order valence-electron chi connectivity index (χ3n) is 3.94. The van der Waals surface area contributed by atoms with E-state index in [0.29, 0.717) is 44.2 Å². The Kier molecular flexibility index (Phi) is 3.97. The van der Waals surface area contributed by atoms with E-state index in [1.54, 1.807) is 24.3 Å². The Morgan fingerprint density at radius 3 is 2.38 bits per heavy atom. The number of amides is 1. The summed E-state index contributed by atoms with van der Waals surface area (Å²) in [7, 11) is -3.44. The highest BCUT2D eigenvalue weighted by Gasteiger charge is 2.27. The van der Waals surface area contributed by atoms with Gasteiger partial charge in [-0.05, 0) is 17.7 Å². The van der Waals surface area contributed by atoms with Crippen molar-refractivity contribution >= 4 is 15.9 Å². The lowest BCUT2D eigenvalue weighted by molar-refractivity contribution is -0.119. The topological polar surface area (TPSA) is 75.7 Å². The number of carbonyl (C=O) groups excluding carboxylic acids is 1. The molecule has 2 aliphatic heterocycles. The van der Waals surface area contributed by atoms with Crippen molar-refractivity contribution in [2.24, 2.45) is 0 Å². The Bertz CT molecular complexity index is 621. The van der Waals surface area contributed by atoms with Gasteiger partial charge < -0.3 is 10.1 Å². The van der Waals surface area contributed by atoms with E-state index in [1.807, 2.05) is 0 Å². The zero-order chi connectivity index (χ0) is 14.9. The first-order chi connectivity index (χ1) is 10.1. The van der Waals surface area contributed by atoms with Crippen molar-refractivity contribution in [2.75, 3.05) is 32.8 Å². The third-order valence-corrected chi connectivity index (χ3v) is 5.85. The van der Waals surface area contributed by atoms with Gasteiger partial charge >= 0.3 is 0 Å². The molecule has 0 aliphatic carbocycles. The summed E-state index contributed by atoms with van der Waals surface area (Å²) >= 11 is 0. The summed E-state index contributed by atoms with van der Waals surface area (Å²) in [6, 6.07) is 6.86. The van der Waals surface area contributed by atoms with Gasteiger partial charge in [0, 0.05) is 32.0 Å². The molecule has 0 bridgehead atoms. The lowest BCUT2D eigenvalue weighted by atomic mass is 9.99. The van der Waals surface area contributed by atoms with E-state index in [0.717, 1.165) is 5.56 Å². The van der Waals surface area contributed by atoms with Gasteiger partial charge in [-0.15, -0.1) is 0 Å². The molecule has 1 N–H and O–H groups in total. The number of benzene rings is 1. The standard InChI is InChI=1S/C14H18N2O4S/c17-14-9-12(10-15-14)11-1-3-13(4-2-11)21(18,19)16-5-7-20-8-6-16/h1-4,12H,5-10H2,(H,15,17). The largest absolute Gasteiger partial charge is 0.379 e. The maximum absolute atomic E-state index is 12.5. The van der Waals surface area contributed by atoms with Crippen LogP contribution in [-0.4, -0.2) is 51.5 Å². The molecule has 0 spiro atoms. The molecule has 2 aliphatic rings. The van der Waals surface area contributed by atoms with Crippen molar-refractivity contribution in [2.45, 2.75) is 17.2 Å². The van der Waals surface area contributed by atoms with Gasteiger partial charge in [0.15, 0.2) is 0 Å². The average molecular weight is 310 g/mol. The quantitative estimate of drug-likeness (QED) is 0.872. The predicted molar refractivity (Wildman–Crippen MR) is 76.4 cm³/mol. The minimum absolute atomic E-state index is 0.0463. The maximum atomic E-state index is 12.5. The highest BCUT2D eigenvalue weighted by molar-refractivity contribution is 7.89. The first-order valence-electron chi connectivity index (χ1n) is 7.02. The van der Waals surface area contributed by atoms with Gasteiger partial charge in [-0.3, -0.25) is 4.79 Å². The van der Waals surface area contributed by atoms with Crippen LogP contribution < -0.4 is 5.32 Å². The monoisotopic (exact) mass is 310 g/mol. The maximum Gasteiger partial charge on any atom is 0.243 e. The molecule has 21 heavy (non-hydrogen) atoms. The number of nitrogens with zero attached hydrogens (tertiary/aromatic N) is 1. The summed E-state index contributed by atoms with van der Waals surface area (Å²) in [4.78, 5) is 11.5. The summed E-state index contributed by atoms with van der Waals surface area (Å²) in [5.41, 5.74) is 0.995. The molecule has 114 valence electrons. The number of nitrogens with one attached hydrogen (secondary N) is 1. The minimum Gasteiger partial charge on any atom is -0.379 e. The Labute approximate surface area is 124 Å². The fourth-order valence-electron chi connectivity index (χ4n) is 2.69. The predicted octanol–water partition coefficient (Wildman–Crippen LogP) is 0.311. The van der Waals surface area contributed by atoms with E-state index in [2.05, 4.69) is 5.32 Å². The van der Waals surface area contributed by atoms with E-state index in [4.69, 9.17) is 4.74 Å². The van der Waals surface area contributed by atoms with Gasteiger partial charge in [-0.25, -0.2) is 8.42 Å². The van der Waals surface area contributed by atoms with Crippen LogP contribution >= 0.6 is 0 Å². The lowest BCUT2D eigenvalue weighted by Gasteiger charge is -2.26. The summed E-state index contributed by atoms with van der Waals surface area (Å²) in [6.45, 7) is 2.28. The molecular weight excluding hydrogens is 292 g/mol. The molecule has 1 unspecified atom stereocenters. The highest BCUT2D eigenvalue weighted by atomic mass is 32.2. The zero-order valence-corrected chi connectivity index (χ0v) is 12.4. The van der Waals surface area contributed by atoms with Crippen LogP contribution in [0.15, 0.2) is 29.2 Å². The number of carbonyl (C=O) groups is 1. The summed E-state index contributed by atoms with van der Waals surface area (Å²) in [5, 5.41) is 2.79. The number of rotatable bonds is 3. The van der Waals surface area contributed by atoms with Gasteiger partial charge in [0.2, 0.25) is 15.9 Å². The van der Waals surface area contributed by atoms with Gasteiger partial charge in [0.1, 0.15) is 0 Å². The van der Waals surface area contributed by atoms with Crippen LogP contribution in [0.2, 0.25) is 0 Å². The second-order valence-electron chi connectivity index (χ2n) is 5.29. The molecule has 2 fully saturated rings. The Hall–Kier alpha value is -1.44. The van der Waals surface area contributed by atoms with Crippen LogP contribution in [0.4, 0.5) is 0 Å². The van der Waals surface area contributed by atoms with Crippen LogP contribution in [0.3, 0.4) is 0 Å². The van der Waals surface area contributed by atoms with E-state index in [9.17, 15) is 13.2 Å². The molecule has 0 aromatic heterocycles. The van der Waals surface area contributed by atoms with E-state index in [1.165, 1.54) is 4.31 Å². The number of hydrogen-bond acceptors (Lipinski definition) is 4. The van der Waals surface area contributed by atoms with Crippen molar-refractivity contribution in [1.29, 1.82) is 0 Å². The Morgan fingerprint density at radius 2 is 1.81 bits per heavy atom. The van der Waals surface area contributed by atoms with Crippen LogP contribution in [-0.2, 0) is 19.6 Å². The number of ether oxygens (including phenoxy) is 1. The minimum atomic E-state index is -3.44. The number of hydrogen-bond donors (Lipinski definition) is 1. The summed E-state index contributed by atoms with van der Waals surface area (Å²) in [6.07, 6.45) is 0.468. The smallest absolute Gasteiger partial charge is 0.243 e. The molecule has 2 saturated heterocycles. The summed E-state index contributed by atoms with van der Waals surface area (Å²) < 4.78 is 31.6. The van der Waals surface area contributed by atoms with E-state index < -0.39 is 10.0 Å². The summed E-state index contributed by atoms with van der Waals surface area (Å²) in [5.74, 6) is 0.183. The normalized spacial score (nSPS) is 24.0. The Balaban J connectivity index is 1.78. The fourth-order valence-corrected chi connectivity index (χ4v) is 4.10. The molecule has 1 atom stereocenters. The van der Waals surface area contributed by atoms with Gasteiger partial charge in [-0.2, -0.15) is 4.31 Å². The van der Waals surface area contributed by atoms with Crippen LogP contribution in [0.1, 0.15) is 17.9 Å². The fraction of sp³-hybridized carbons (Fsp3) is 0.500. The van der Waals surface area contributed by atoms with Gasteiger partial charge in [-0.1, -0.05) is 12.1 Å². The second kappa shape index (κ2) is 5.75. The van der Waals surface area contributed by atoms with Crippen molar-refractivity contribution < 1.29 is 17.9 Å². The zero-order valence-electron chi connectivity index (χ0n) is 11.6. The first kappa shape index (κ1) is 14.5. The first-order valence-corrected chi connectivity index (χ1v) is 8.46. The molecule has 1 aromatic carbocycles. The second-order valence-corrected chi connectivity index (χ2v) is 7.23. The molecule has 3 rings (SSSR count). The number of morpholine rings is 1. The van der Waals surface area contributed by atoms with E-state index >= 15 is 0 Å².